The van der Waals surface area contributed by atoms with Crippen LogP contribution in [0.25, 0.3) is 0 Å². The third-order valence-electron chi connectivity index (χ3n) is 2.15. The average molecular weight is 325 g/mol. The van der Waals surface area contributed by atoms with Crippen molar-refractivity contribution in [2.45, 2.75) is 4.21 Å². The molecule has 1 fully saturated rings. The van der Waals surface area contributed by atoms with Gasteiger partial charge in [0, 0.05) is 13.1 Å². The second-order valence-corrected chi connectivity index (χ2v) is 7.87. The smallest absolute Gasteiger partial charge is 0.253 e. The molecule has 1 aromatic heterocycles. The van der Waals surface area contributed by atoms with Crippen LogP contribution in [-0.4, -0.2) is 38.3 Å². The molecule has 0 unspecified atom stereocenters. The number of nitrogens with zero attached hydrogens (tertiary/aromatic N) is 1. The molecule has 1 aromatic rings. The first kappa shape index (κ1) is 12.0. The fourth-order valence-electron chi connectivity index (χ4n) is 1.38. The molecule has 16 heavy (non-hydrogen) atoms. The first-order chi connectivity index (χ1) is 7.50. The number of hydrogen-bond donors (Lipinski definition) is 1. The SMILES string of the molecule is O=C1CN(S(=O)(=O)c2ccc(Br)s2)CCN1. The zero-order valence-electron chi connectivity index (χ0n) is 8.14. The third kappa shape index (κ3) is 2.29. The summed E-state index contributed by atoms with van der Waals surface area (Å²) in [5.74, 6) is -0.259. The van der Waals surface area contributed by atoms with E-state index in [1.165, 1.54) is 10.4 Å². The summed E-state index contributed by atoms with van der Waals surface area (Å²) in [6.07, 6.45) is 0. The van der Waals surface area contributed by atoms with E-state index in [-0.39, 0.29) is 16.7 Å². The van der Waals surface area contributed by atoms with E-state index in [1.807, 2.05) is 0 Å². The van der Waals surface area contributed by atoms with Crippen LogP contribution in [0.2, 0.25) is 0 Å². The van der Waals surface area contributed by atoms with E-state index < -0.39 is 10.0 Å². The van der Waals surface area contributed by atoms with Crippen molar-refractivity contribution in [3.63, 3.8) is 0 Å². The summed E-state index contributed by atoms with van der Waals surface area (Å²) < 4.78 is 26.4. The minimum Gasteiger partial charge on any atom is -0.354 e. The number of thiophene rings is 1. The summed E-state index contributed by atoms with van der Waals surface area (Å²) in [6, 6.07) is 3.22. The predicted octanol–water partition coefficient (Wildman–Crippen LogP) is 0.631. The summed E-state index contributed by atoms with van der Waals surface area (Å²) in [5, 5.41) is 2.59. The lowest BCUT2D eigenvalue weighted by Gasteiger charge is -2.25. The molecule has 1 aliphatic rings. The van der Waals surface area contributed by atoms with E-state index in [9.17, 15) is 13.2 Å². The van der Waals surface area contributed by atoms with Gasteiger partial charge in [-0.05, 0) is 28.1 Å². The average Bonchev–Trinajstić information content (AvgIpc) is 2.65. The highest BCUT2D eigenvalue weighted by molar-refractivity contribution is 9.11. The Balaban J connectivity index is 2.28. The number of rotatable bonds is 2. The van der Waals surface area contributed by atoms with Gasteiger partial charge in [0.05, 0.1) is 10.3 Å². The minimum absolute atomic E-state index is 0.0994. The molecular weight excluding hydrogens is 316 g/mol. The van der Waals surface area contributed by atoms with E-state index in [4.69, 9.17) is 0 Å². The van der Waals surface area contributed by atoms with E-state index in [1.54, 1.807) is 6.07 Å². The number of carbonyl (C=O) groups is 1. The molecule has 0 saturated carbocycles. The second kappa shape index (κ2) is 4.44. The summed E-state index contributed by atoms with van der Waals surface area (Å²) in [6.45, 7) is 0.589. The molecule has 5 nitrogen and oxygen atoms in total. The van der Waals surface area contributed by atoms with Crippen LogP contribution in [0.4, 0.5) is 0 Å². The lowest BCUT2D eigenvalue weighted by Crippen LogP contribution is -2.49. The molecule has 1 aliphatic heterocycles. The van der Waals surface area contributed by atoms with Gasteiger partial charge in [-0.3, -0.25) is 4.79 Å². The summed E-state index contributed by atoms with van der Waals surface area (Å²) >= 11 is 4.36. The molecule has 0 bridgehead atoms. The minimum atomic E-state index is -3.51. The molecular formula is C8H9BrN2O3S2. The van der Waals surface area contributed by atoms with Crippen LogP contribution in [0.15, 0.2) is 20.1 Å². The van der Waals surface area contributed by atoms with Gasteiger partial charge in [0.25, 0.3) is 10.0 Å². The number of carbonyl (C=O) groups excluding carboxylic acids is 1. The molecule has 88 valence electrons. The molecule has 0 radical (unpaired) electrons. The van der Waals surface area contributed by atoms with Crippen molar-refractivity contribution in [2.24, 2.45) is 0 Å². The van der Waals surface area contributed by atoms with Crippen LogP contribution < -0.4 is 5.32 Å². The van der Waals surface area contributed by atoms with Gasteiger partial charge < -0.3 is 5.32 Å². The Hall–Kier alpha value is -0.440. The highest BCUT2D eigenvalue weighted by Gasteiger charge is 2.30. The third-order valence-corrected chi connectivity index (χ3v) is 6.08. The van der Waals surface area contributed by atoms with E-state index in [0.29, 0.717) is 13.1 Å². The maximum atomic E-state index is 12.1. The summed E-state index contributed by atoms with van der Waals surface area (Å²) in [4.78, 5) is 11.1. The van der Waals surface area contributed by atoms with Crippen molar-refractivity contribution in [2.75, 3.05) is 19.6 Å². The van der Waals surface area contributed by atoms with Crippen LogP contribution in [0.1, 0.15) is 0 Å². The molecule has 8 heteroatoms. The lowest BCUT2D eigenvalue weighted by atomic mass is 10.4. The summed E-state index contributed by atoms with van der Waals surface area (Å²) in [7, 11) is -3.51. The van der Waals surface area contributed by atoms with Crippen LogP contribution in [0.5, 0.6) is 0 Å². The largest absolute Gasteiger partial charge is 0.354 e. The van der Waals surface area contributed by atoms with Gasteiger partial charge in [0.2, 0.25) is 5.91 Å². The van der Waals surface area contributed by atoms with Crippen molar-refractivity contribution in [3.8, 4) is 0 Å². The Kier molecular flexibility index (Phi) is 3.34. The number of nitrogens with one attached hydrogen (secondary N) is 1. The summed E-state index contributed by atoms with van der Waals surface area (Å²) in [5.41, 5.74) is 0. The molecule has 0 aliphatic carbocycles. The Morgan fingerprint density at radius 3 is 2.75 bits per heavy atom. The Morgan fingerprint density at radius 1 is 1.44 bits per heavy atom. The van der Waals surface area contributed by atoms with Gasteiger partial charge in [0.15, 0.2) is 0 Å². The predicted molar refractivity (Wildman–Crippen MR) is 63.8 cm³/mol. The van der Waals surface area contributed by atoms with Gasteiger partial charge in [-0.15, -0.1) is 11.3 Å². The van der Waals surface area contributed by atoms with E-state index >= 15 is 0 Å². The Bertz CT molecular complexity index is 511. The van der Waals surface area contributed by atoms with Crippen molar-refractivity contribution < 1.29 is 13.2 Å². The van der Waals surface area contributed by atoms with Gasteiger partial charge in [-0.1, -0.05) is 0 Å². The maximum Gasteiger partial charge on any atom is 0.253 e. The van der Waals surface area contributed by atoms with Crippen LogP contribution in [0.3, 0.4) is 0 Å². The number of sulfonamides is 1. The van der Waals surface area contributed by atoms with Crippen molar-refractivity contribution in [1.82, 2.24) is 9.62 Å². The fraction of sp³-hybridized carbons (Fsp3) is 0.375. The van der Waals surface area contributed by atoms with Crippen LogP contribution in [-0.2, 0) is 14.8 Å². The first-order valence-electron chi connectivity index (χ1n) is 4.52. The van der Waals surface area contributed by atoms with Crippen LogP contribution >= 0.6 is 27.3 Å². The fourth-order valence-corrected chi connectivity index (χ4v) is 4.95. The lowest BCUT2D eigenvalue weighted by molar-refractivity contribution is -0.122. The second-order valence-electron chi connectivity index (χ2n) is 3.25. The Labute approximate surface area is 106 Å². The van der Waals surface area contributed by atoms with Gasteiger partial charge in [-0.25, -0.2) is 8.42 Å². The quantitative estimate of drug-likeness (QED) is 0.867. The standard InChI is InChI=1S/C8H9BrN2O3S2/c9-6-1-2-8(15-6)16(13,14)11-4-3-10-7(12)5-11/h1-2H,3-5H2,(H,10,12). The molecule has 1 N–H and O–H groups in total. The highest BCUT2D eigenvalue weighted by Crippen LogP contribution is 2.28. The molecule has 2 heterocycles. The van der Waals surface area contributed by atoms with Gasteiger partial charge in [-0.2, -0.15) is 4.31 Å². The monoisotopic (exact) mass is 324 g/mol. The molecule has 0 aromatic carbocycles. The van der Waals surface area contributed by atoms with Crippen molar-refractivity contribution >= 4 is 43.2 Å². The number of hydrogen-bond acceptors (Lipinski definition) is 4. The topological polar surface area (TPSA) is 66.5 Å². The zero-order chi connectivity index (χ0) is 11.8. The number of piperazine rings is 1. The molecule has 1 saturated heterocycles. The molecule has 0 atom stereocenters. The maximum absolute atomic E-state index is 12.1. The van der Waals surface area contributed by atoms with Gasteiger partial charge in [0.1, 0.15) is 4.21 Å². The number of halogens is 1. The molecule has 1 amide bonds. The van der Waals surface area contributed by atoms with Gasteiger partial charge >= 0.3 is 0 Å². The highest BCUT2D eigenvalue weighted by atomic mass is 79.9. The Morgan fingerprint density at radius 2 is 2.19 bits per heavy atom. The normalized spacial score (nSPS) is 18.4. The van der Waals surface area contributed by atoms with Crippen molar-refractivity contribution in [1.29, 1.82) is 0 Å². The van der Waals surface area contributed by atoms with Crippen LogP contribution in [0, 0.1) is 0 Å². The van der Waals surface area contributed by atoms with E-state index in [0.717, 1.165) is 15.1 Å². The van der Waals surface area contributed by atoms with Crippen molar-refractivity contribution in [3.05, 3.63) is 15.9 Å². The zero-order valence-corrected chi connectivity index (χ0v) is 11.4. The number of amides is 1. The van der Waals surface area contributed by atoms with E-state index in [2.05, 4.69) is 21.2 Å². The molecule has 0 spiro atoms. The first-order valence-corrected chi connectivity index (χ1v) is 7.57. The molecule has 2 rings (SSSR count).